The lowest BCUT2D eigenvalue weighted by atomic mass is 9.47. The van der Waals surface area contributed by atoms with Crippen molar-refractivity contribution in [2.24, 2.45) is 0 Å². The number of benzene rings is 1. The van der Waals surface area contributed by atoms with Crippen LogP contribution in [0.15, 0.2) is 18.2 Å². The number of phenolic OH excluding ortho intramolecular Hbond substituents is 1. The Labute approximate surface area is 190 Å². The minimum atomic E-state index is -0.785. The van der Waals surface area contributed by atoms with E-state index < -0.39 is 11.0 Å². The highest BCUT2D eigenvalue weighted by molar-refractivity contribution is 14.0. The Morgan fingerprint density at radius 3 is 2.69 bits per heavy atom. The van der Waals surface area contributed by atoms with Crippen LogP contribution in [0.5, 0.6) is 11.5 Å². The highest BCUT2D eigenvalue weighted by Gasteiger charge is 2.76. The molecule has 0 radical (unpaired) electrons. The summed E-state index contributed by atoms with van der Waals surface area (Å²) in [7, 11) is 2.42. The van der Waals surface area contributed by atoms with Crippen molar-refractivity contribution in [3.8, 4) is 11.5 Å². The smallest absolute Gasteiger partial charge is 0.166 e. The highest BCUT2D eigenvalue weighted by atomic mass is 127. The fraction of sp³-hybridized carbons (Fsp3) is 0.667. The quantitative estimate of drug-likeness (QED) is 0.340. The van der Waals surface area contributed by atoms with E-state index in [1.165, 1.54) is 31.2 Å². The first-order valence-corrected chi connectivity index (χ1v) is 11.1. The first-order chi connectivity index (χ1) is 13.3. The molecule has 1 aromatic rings. The fourth-order valence-electron chi connectivity index (χ4n) is 8.10. The molecule has 1 saturated heterocycles. The summed E-state index contributed by atoms with van der Waals surface area (Å²) < 4.78 is 7.43. The van der Waals surface area contributed by atoms with E-state index in [0.29, 0.717) is 11.8 Å². The standard InChI is InChI=1S/C24H31NO3.HI/c1-14-8-9-24(27)19-13-17-15(2)12-18(26)21-20(17)23(24,22(14)28-21)10-11-25(19,3)16-6-4-5-7-16;/h12,16,19,22,27H,1,4-11,13H2,2-3H3;1H/p+1/t19-,22+,23+,24-,25?;/m1./s1. The molecule has 2 N–H and O–H groups in total. The zero-order valence-corrected chi connectivity index (χ0v) is 19.9. The van der Waals surface area contributed by atoms with Crippen LogP contribution in [0.4, 0.5) is 0 Å². The summed E-state index contributed by atoms with van der Waals surface area (Å²) in [6.07, 6.45) is 8.41. The van der Waals surface area contributed by atoms with Crippen molar-refractivity contribution in [2.75, 3.05) is 13.6 Å². The lowest BCUT2D eigenvalue weighted by Crippen LogP contribution is -2.81. The molecule has 158 valence electrons. The summed E-state index contributed by atoms with van der Waals surface area (Å²) in [6, 6.07) is 2.73. The molecule has 29 heavy (non-hydrogen) atoms. The van der Waals surface area contributed by atoms with Gasteiger partial charge in [-0.3, -0.25) is 0 Å². The fourth-order valence-corrected chi connectivity index (χ4v) is 8.10. The Hall–Kier alpha value is -0.790. The van der Waals surface area contributed by atoms with Gasteiger partial charge in [0.15, 0.2) is 11.5 Å². The number of rotatable bonds is 1. The van der Waals surface area contributed by atoms with Crippen LogP contribution < -0.4 is 4.74 Å². The van der Waals surface area contributed by atoms with Gasteiger partial charge in [-0.25, -0.2) is 0 Å². The normalized spacial score (nSPS) is 42.2. The van der Waals surface area contributed by atoms with E-state index in [1.807, 2.05) is 6.07 Å². The maximum atomic E-state index is 12.5. The monoisotopic (exact) mass is 510 g/mol. The number of likely N-dealkylation sites (N-methyl/N-ethyl adjacent to an activating group) is 1. The molecule has 5 aliphatic rings. The second-order valence-corrected chi connectivity index (χ2v) is 10.4. The number of aryl methyl sites for hydroxylation is 1. The van der Waals surface area contributed by atoms with Crippen molar-refractivity contribution in [3.63, 3.8) is 0 Å². The zero-order valence-electron chi connectivity index (χ0n) is 17.5. The molecule has 0 aromatic heterocycles. The van der Waals surface area contributed by atoms with E-state index >= 15 is 0 Å². The number of hydrogen-bond donors (Lipinski definition) is 2. The van der Waals surface area contributed by atoms with Crippen LogP contribution in [0.25, 0.3) is 0 Å². The minimum absolute atomic E-state index is 0. The van der Waals surface area contributed by atoms with Crippen molar-refractivity contribution < 1.29 is 19.4 Å². The van der Waals surface area contributed by atoms with Crippen LogP contribution in [0, 0.1) is 6.92 Å². The van der Waals surface area contributed by atoms with Gasteiger partial charge in [-0.05, 0) is 68.2 Å². The maximum Gasteiger partial charge on any atom is 0.166 e. The average Bonchev–Trinajstić information content (AvgIpc) is 3.30. The minimum Gasteiger partial charge on any atom is -0.504 e. The van der Waals surface area contributed by atoms with Crippen molar-refractivity contribution in [2.45, 2.75) is 87.5 Å². The molecular formula is C24H33INO3+. The van der Waals surface area contributed by atoms with E-state index in [1.54, 1.807) is 0 Å². The Morgan fingerprint density at radius 2 is 1.97 bits per heavy atom. The average molecular weight is 510 g/mol. The second kappa shape index (κ2) is 6.13. The van der Waals surface area contributed by atoms with Gasteiger partial charge in [0.2, 0.25) is 0 Å². The lowest BCUT2D eigenvalue weighted by Gasteiger charge is -2.66. The van der Waals surface area contributed by atoms with Crippen LogP contribution in [0.3, 0.4) is 0 Å². The molecule has 3 fully saturated rings. The summed E-state index contributed by atoms with van der Waals surface area (Å²) in [5, 5.41) is 23.2. The molecule has 2 heterocycles. The Balaban J connectivity index is 0.00000181. The van der Waals surface area contributed by atoms with E-state index in [2.05, 4.69) is 20.6 Å². The summed E-state index contributed by atoms with van der Waals surface area (Å²) in [4.78, 5) is 0. The van der Waals surface area contributed by atoms with E-state index in [-0.39, 0.29) is 41.9 Å². The molecule has 1 unspecified atom stereocenters. The number of aromatic hydroxyl groups is 1. The number of halogens is 1. The van der Waals surface area contributed by atoms with E-state index in [0.717, 1.165) is 53.4 Å². The SMILES string of the molecule is C=C1CC[C@@]2(O)[C@H]3Cc4c(C)cc(O)c5c4[C@@]2(CC[N+]3(C)C2CCCC2)[C@H]1O5.I. The molecule has 1 spiro atoms. The second-order valence-electron chi connectivity index (χ2n) is 10.4. The molecule has 1 aromatic carbocycles. The van der Waals surface area contributed by atoms with Gasteiger partial charge in [0.05, 0.1) is 25.0 Å². The highest BCUT2D eigenvalue weighted by Crippen LogP contribution is 2.67. The predicted octanol–water partition coefficient (Wildman–Crippen LogP) is 4.12. The van der Waals surface area contributed by atoms with Gasteiger partial charge in [0.25, 0.3) is 0 Å². The summed E-state index contributed by atoms with van der Waals surface area (Å²) >= 11 is 0. The molecule has 6 rings (SSSR count). The van der Waals surface area contributed by atoms with Crippen LogP contribution in [0.2, 0.25) is 0 Å². The number of nitrogens with zero attached hydrogens (tertiary/aromatic N) is 1. The number of aliphatic hydroxyl groups is 1. The largest absolute Gasteiger partial charge is 0.504 e. The molecule has 5 atom stereocenters. The van der Waals surface area contributed by atoms with Gasteiger partial charge in [0.1, 0.15) is 17.7 Å². The lowest BCUT2D eigenvalue weighted by molar-refractivity contribution is -0.970. The van der Waals surface area contributed by atoms with Crippen molar-refractivity contribution in [1.82, 2.24) is 0 Å². The molecule has 5 heteroatoms. The van der Waals surface area contributed by atoms with E-state index in [9.17, 15) is 10.2 Å². The summed E-state index contributed by atoms with van der Waals surface area (Å²) in [6.45, 7) is 7.53. The molecule has 3 aliphatic carbocycles. The summed E-state index contributed by atoms with van der Waals surface area (Å²) in [5.74, 6) is 0.856. The van der Waals surface area contributed by atoms with E-state index in [4.69, 9.17) is 4.74 Å². The van der Waals surface area contributed by atoms with Crippen LogP contribution in [-0.2, 0) is 11.8 Å². The number of phenols is 1. The number of piperidine rings is 1. The predicted molar refractivity (Wildman–Crippen MR) is 123 cm³/mol. The van der Waals surface area contributed by atoms with Crippen molar-refractivity contribution in [3.05, 3.63) is 34.9 Å². The molecule has 2 aliphatic heterocycles. The third-order valence-corrected chi connectivity index (χ3v) is 9.50. The molecule has 0 amide bonds. The van der Waals surface area contributed by atoms with Crippen LogP contribution >= 0.6 is 24.0 Å². The number of hydrogen-bond acceptors (Lipinski definition) is 3. The Kier molecular flexibility index (Phi) is 4.26. The molecule has 2 bridgehead atoms. The van der Waals surface area contributed by atoms with Gasteiger partial charge in [-0.1, -0.05) is 6.58 Å². The Morgan fingerprint density at radius 1 is 1.24 bits per heavy atom. The van der Waals surface area contributed by atoms with Crippen LogP contribution in [-0.4, -0.2) is 52.1 Å². The Bertz CT molecular complexity index is 910. The third kappa shape index (κ3) is 2.13. The van der Waals surface area contributed by atoms with Crippen LogP contribution in [0.1, 0.15) is 61.6 Å². The number of likely N-dealkylation sites (tertiary alicyclic amines) is 1. The summed E-state index contributed by atoms with van der Waals surface area (Å²) in [5.41, 5.74) is 3.45. The molecular weight excluding hydrogens is 477 g/mol. The maximum absolute atomic E-state index is 12.5. The van der Waals surface area contributed by atoms with Gasteiger partial charge in [-0.15, -0.1) is 24.0 Å². The van der Waals surface area contributed by atoms with Gasteiger partial charge in [-0.2, -0.15) is 0 Å². The molecule has 4 nitrogen and oxygen atoms in total. The first-order valence-electron chi connectivity index (χ1n) is 11.1. The van der Waals surface area contributed by atoms with Gasteiger partial charge >= 0.3 is 0 Å². The van der Waals surface area contributed by atoms with Crippen molar-refractivity contribution >= 4 is 24.0 Å². The first kappa shape index (κ1) is 20.1. The topological polar surface area (TPSA) is 49.7 Å². The van der Waals surface area contributed by atoms with Crippen molar-refractivity contribution in [1.29, 1.82) is 0 Å². The van der Waals surface area contributed by atoms with Gasteiger partial charge < -0.3 is 19.4 Å². The zero-order chi connectivity index (χ0) is 19.5. The van der Waals surface area contributed by atoms with Gasteiger partial charge in [0, 0.05) is 18.4 Å². The number of quaternary nitrogens is 1. The number of ether oxygens (including phenoxy) is 1. The molecule has 2 saturated carbocycles. The third-order valence-electron chi connectivity index (χ3n) is 9.50.